The Morgan fingerprint density at radius 1 is 0.882 bits per heavy atom. The van der Waals surface area contributed by atoms with Gasteiger partial charge in [0.15, 0.2) is 12.6 Å². The summed E-state index contributed by atoms with van der Waals surface area (Å²) in [6, 6.07) is 8.81. The minimum atomic E-state index is -0.705. The number of carbonyl (C=O) groups is 2. The molecule has 9 heteroatoms. The highest BCUT2D eigenvalue weighted by Crippen LogP contribution is 2.44. The molecule has 9 nitrogen and oxygen atoms in total. The molecule has 5 rings (SSSR count). The van der Waals surface area contributed by atoms with E-state index in [9.17, 15) is 9.59 Å². The lowest BCUT2D eigenvalue weighted by Crippen LogP contribution is -2.72. The highest BCUT2D eigenvalue weighted by atomic mass is 16.8. The topological polar surface area (TPSA) is 108 Å². The molecule has 3 aliphatic heterocycles. The van der Waals surface area contributed by atoms with E-state index in [4.69, 9.17) is 23.7 Å². The number of epoxide rings is 1. The van der Waals surface area contributed by atoms with Crippen molar-refractivity contribution in [3.63, 3.8) is 0 Å². The summed E-state index contributed by atoms with van der Waals surface area (Å²) in [5.74, 6) is -0.438. The minimum Gasteiger partial charge on any atom is -0.359 e. The zero-order valence-corrected chi connectivity index (χ0v) is 19.7. The Labute approximate surface area is 199 Å². The molecule has 1 aromatic carbocycles. The van der Waals surface area contributed by atoms with E-state index in [0.717, 1.165) is 31.2 Å². The van der Waals surface area contributed by atoms with Crippen LogP contribution in [0.25, 0.3) is 0 Å². The fraction of sp³-hybridized carbons (Fsp3) is 0.680. The van der Waals surface area contributed by atoms with Crippen LogP contribution >= 0.6 is 0 Å². The van der Waals surface area contributed by atoms with Crippen LogP contribution in [0.1, 0.15) is 57.6 Å². The molecule has 186 valence electrons. The number of hydrogen-bond acceptors (Lipinski definition) is 7. The fourth-order valence-corrected chi connectivity index (χ4v) is 5.35. The molecule has 2 N–H and O–H groups in total. The summed E-state index contributed by atoms with van der Waals surface area (Å²) in [7, 11) is 0. The third kappa shape index (κ3) is 5.28. The lowest BCUT2D eigenvalue weighted by molar-refractivity contribution is -0.333. The number of nitrogens with one attached hydrogen (secondary N) is 2. The van der Waals surface area contributed by atoms with Gasteiger partial charge in [0.25, 0.3) is 0 Å². The smallest absolute Gasteiger partial charge is 0.217 e. The number of ether oxygens (including phenoxy) is 5. The van der Waals surface area contributed by atoms with Crippen LogP contribution in [0.3, 0.4) is 0 Å². The summed E-state index contributed by atoms with van der Waals surface area (Å²) < 4.78 is 30.9. The van der Waals surface area contributed by atoms with Crippen LogP contribution in [0.2, 0.25) is 0 Å². The van der Waals surface area contributed by atoms with Crippen LogP contribution in [0.15, 0.2) is 30.3 Å². The summed E-state index contributed by atoms with van der Waals surface area (Å²) >= 11 is 0. The molecule has 3 saturated heterocycles. The Morgan fingerprint density at radius 2 is 1.59 bits per heavy atom. The van der Waals surface area contributed by atoms with Crippen LogP contribution in [0, 0.1) is 0 Å². The van der Waals surface area contributed by atoms with Gasteiger partial charge in [-0.3, -0.25) is 9.59 Å². The third-order valence-electron chi connectivity index (χ3n) is 6.97. The average Bonchev–Trinajstić information content (AvgIpc) is 3.63. The number of rotatable bonds is 6. The molecule has 0 radical (unpaired) electrons. The highest BCUT2D eigenvalue weighted by molar-refractivity contribution is 5.75. The van der Waals surface area contributed by atoms with Gasteiger partial charge in [-0.05, 0) is 18.4 Å². The van der Waals surface area contributed by atoms with E-state index in [0.29, 0.717) is 0 Å². The molecule has 8 atom stereocenters. The van der Waals surface area contributed by atoms with Crippen molar-refractivity contribution in [2.24, 2.45) is 0 Å². The van der Waals surface area contributed by atoms with Crippen molar-refractivity contribution in [3.05, 3.63) is 35.9 Å². The van der Waals surface area contributed by atoms with Crippen molar-refractivity contribution in [2.45, 2.75) is 101 Å². The number of amides is 2. The molecule has 0 bridgehead atoms. The zero-order valence-electron chi connectivity index (χ0n) is 19.7. The van der Waals surface area contributed by atoms with E-state index < -0.39 is 36.9 Å². The Morgan fingerprint density at radius 3 is 2.29 bits per heavy atom. The van der Waals surface area contributed by atoms with Crippen molar-refractivity contribution in [3.8, 4) is 0 Å². The summed E-state index contributed by atoms with van der Waals surface area (Å²) in [6.07, 6.45) is 2.81. The Bertz CT molecular complexity index is 862. The van der Waals surface area contributed by atoms with Crippen LogP contribution in [0.5, 0.6) is 0 Å². The molecule has 1 saturated carbocycles. The summed E-state index contributed by atoms with van der Waals surface area (Å²) in [6.45, 7) is 3.19. The van der Waals surface area contributed by atoms with Gasteiger partial charge in [0.1, 0.15) is 30.5 Å². The van der Waals surface area contributed by atoms with Crippen LogP contribution < -0.4 is 10.6 Å². The lowest BCUT2D eigenvalue weighted by atomic mass is 9.92. The number of benzene rings is 1. The van der Waals surface area contributed by atoms with Gasteiger partial charge in [-0.15, -0.1) is 0 Å². The van der Waals surface area contributed by atoms with Crippen LogP contribution in [0.4, 0.5) is 0 Å². The summed E-state index contributed by atoms with van der Waals surface area (Å²) in [4.78, 5) is 24.3. The van der Waals surface area contributed by atoms with Gasteiger partial charge in [-0.1, -0.05) is 49.6 Å². The molecule has 1 aliphatic carbocycles. The molecule has 0 unspecified atom stereocenters. The van der Waals surface area contributed by atoms with Crippen molar-refractivity contribution < 1.29 is 33.3 Å². The maximum atomic E-state index is 12.2. The normalized spacial score (nSPS) is 37.9. The second-order valence-corrected chi connectivity index (χ2v) is 9.63. The number of hydrogen-bond donors (Lipinski definition) is 2. The fourth-order valence-electron chi connectivity index (χ4n) is 5.35. The van der Waals surface area contributed by atoms with E-state index in [1.165, 1.54) is 20.3 Å². The third-order valence-corrected chi connectivity index (χ3v) is 6.97. The maximum absolute atomic E-state index is 12.2. The lowest BCUT2D eigenvalue weighted by Gasteiger charge is -2.50. The second-order valence-electron chi connectivity index (χ2n) is 9.63. The Hall–Kier alpha value is -2.04. The van der Waals surface area contributed by atoms with E-state index in [-0.39, 0.29) is 36.7 Å². The first-order valence-electron chi connectivity index (χ1n) is 12.3. The number of carbonyl (C=O) groups excluding carboxylic acids is 2. The molecule has 1 aromatic rings. The molecule has 2 amide bonds. The quantitative estimate of drug-likeness (QED) is 0.607. The molecular weight excluding hydrogens is 440 g/mol. The first-order chi connectivity index (χ1) is 16.5. The van der Waals surface area contributed by atoms with Gasteiger partial charge in [0.2, 0.25) is 11.8 Å². The molecule has 0 spiro atoms. The Kier molecular flexibility index (Phi) is 7.17. The van der Waals surface area contributed by atoms with Crippen molar-refractivity contribution in [2.75, 3.05) is 6.61 Å². The first-order valence-corrected chi connectivity index (χ1v) is 12.3. The molecular formula is C25H34N2O7. The second kappa shape index (κ2) is 10.3. The predicted molar refractivity (Wildman–Crippen MR) is 120 cm³/mol. The van der Waals surface area contributed by atoms with Crippen molar-refractivity contribution in [1.82, 2.24) is 10.6 Å². The van der Waals surface area contributed by atoms with Gasteiger partial charge in [0, 0.05) is 13.8 Å². The van der Waals surface area contributed by atoms with Gasteiger partial charge < -0.3 is 34.3 Å². The molecule has 4 aliphatic rings. The highest BCUT2D eigenvalue weighted by Gasteiger charge is 2.56. The average molecular weight is 475 g/mol. The van der Waals surface area contributed by atoms with Gasteiger partial charge in [0.05, 0.1) is 18.8 Å². The van der Waals surface area contributed by atoms with E-state index in [1.807, 2.05) is 30.3 Å². The van der Waals surface area contributed by atoms with Gasteiger partial charge in [-0.2, -0.15) is 0 Å². The maximum Gasteiger partial charge on any atom is 0.217 e. The van der Waals surface area contributed by atoms with Crippen molar-refractivity contribution >= 4 is 11.8 Å². The molecule has 34 heavy (non-hydrogen) atoms. The Balaban J connectivity index is 1.33. The predicted octanol–water partition coefficient (Wildman–Crippen LogP) is 1.95. The van der Waals surface area contributed by atoms with Gasteiger partial charge in [-0.25, -0.2) is 0 Å². The van der Waals surface area contributed by atoms with E-state index in [1.54, 1.807) is 0 Å². The molecule has 0 aromatic heterocycles. The van der Waals surface area contributed by atoms with Crippen molar-refractivity contribution in [1.29, 1.82) is 0 Å². The monoisotopic (exact) mass is 474 g/mol. The van der Waals surface area contributed by atoms with E-state index in [2.05, 4.69) is 10.6 Å². The first kappa shape index (κ1) is 23.7. The van der Waals surface area contributed by atoms with Crippen LogP contribution in [-0.2, 0) is 33.3 Å². The van der Waals surface area contributed by atoms with Crippen LogP contribution in [-0.4, -0.2) is 67.5 Å². The van der Waals surface area contributed by atoms with E-state index >= 15 is 0 Å². The molecule has 4 fully saturated rings. The zero-order chi connectivity index (χ0) is 23.7. The minimum absolute atomic E-state index is 0.0641. The SMILES string of the molecule is CC(=O)N[C@@H]1[C@@H](NC(C)=O)[C@H](OC2CCCCC2)O[C@@H]2CO[C@@H]([C@H]3O[C@@H]3c3ccccc3)O[C@@H]12. The largest absolute Gasteiger partial charge is 0.359 e. The van der Waals surface area contributed by atoms with Gasteiger partial charge >= 0.3 is 0 Å². The molecule has 3 heterocycles. The standard InChI is InChI=1S/C25H34N2O7/c1-14(28)26-19-20(27-15(2)29)24(31-17-11-7-4-8-12-17)32-18-13-30-25(34-22(18)19)23-21(33-23)16-9-5-3-6-10-16/h3,5-6,9-10,17-25H,4,7-8,11-13H2,1-2H3,(H,26,28)(H,27,29)/t18-,19-,20-,21-,22-,23+,24-,25-/m1/s1. The summed E-state index contributed by atoms with van der Waals surface area (Å²) in [5, 5.41) is 5.94. The summed E-state index contributed by atoms with van der Waals surface area (Å²) in [5.41, 5.74) is 1.07. The number of fused-ring (bicyclic) bond motifs is 1.